The summed E-state index contributed by atoms with van der Waals surface area (Å²) in [5, 5.41) is 10.7. The summed E-state index contributed by atoms with van der Waals surface area (Å²) in [7, 11) is -2.89. The molecule has 4 atom stereocenters. The van der Waals surface area contributed by atoms with Gasteiger partial charge in [-0.3, -0.25) is 27.7 Å². The lowest BCUT2D eigenvalue weighted by Gasteiger charge is -2.22. The number of rotatable bonds is 13. The quantitative estimate of drug-likeness (QED) is 0.225. The van der Waals surface area contributed by atoms with Gasteiger partial charge in [-0.05, 0) is 15.9 Å². The Labute approximate surface area is 256 Å². The van der Waals surface area contributed by atoms with Gasteiger partial charge in [0.1, 0.15) is 24.1 Å². The molecule has 0 radical (unpaired) electrons. The standard InChI is InChI=1S/C24H39BrN3O10PS2/c1-23(2,3)20(30)40-10-8-35-39(33,36-9-11-41-21(31)24(4,5)6)37-13-15-16(29)17(34-7)19(38-15)28-12-14(25)18(26)27-22(28)32/h12,15-17,19,29H,8-11,13H2,1-7H3,(H2,26,27,32)/t15-,16-,17-,19-/m1/s1. The first kappa shape index (κ1) is 36.4. The molecular formula is C24H39BrN3O10PS2. The Kier molecular flexibility index (Phi) is 13.5. The number of phosphoric acid groups is 1. The number of ether oxygens (including phenoxy) is 2. The van der Waals surface area contributed by atoms with E-state index in [-0.39, 0.29) is 40.8 Å². The van der Waals surface area contributed by atoms with Gasteiger partial charge in [0.05, 0.1) is 24.3 Å². The zero-order valence-electron chi connectivity index (χ0n) is 24.2. The smallest absolute Gasteiger partial charge is 0.387 e. The molecule has 0 spiro atoms. The van der Waals surface area contributed by atoms with Gasteiger partial charge in [-0.25, -0.2) is 9.36 Å². The summed E-state index contributed by atoms with van der Waals surface area (Å²) in [4.78, 5) is 40.6. The summed E-state index contributed by atoms with van der Waals surface area (Å²) in [5.41, 5.74) is 3.83. The van der Waals surface area contributed by atoms with Crippen molar-refractivity contribution in [1.29, 1.82) is 0 Å². The minimum atomic E-state index is -4.23. The third-order valence-electron chi connectivity index (χ3n) is 5.55. The van der Waals surface area contributed by atoms with Crippen LogP contribution in [0.4, 0.5) is 5.82 Å². The molecule has 17 heteroatoms. The van der Waals surface area contributed by atoms with Crippen LogP contribution in [0.15, 0.2) is 15.5 Å². The molecule has 0 aromatic carbocycles. The number of hydrogen-bond donors (Lipinski definition) is 2. The highest BCUT2D eigenvalue weighted by Gasteiger charge is 2.47. The van der Waals surface area contributed by atoms with E-state index >= 15 is 0 Å². The Morgan fingerprint density at radius 1 is 1.10 bits per heavy atom. The first-order chi connectivity index (χ1) is 18.9. The molecule has 0 aliphatic carbocycles. The average molecular weight is 705 g/mol. The Morgan fingerprint density at radius 2 is 1.61 bits per heavy atom. The number of hydrogen-bond acceptors (Lipinski definition) is 14. The molecule has 0 saturated carbocycles. The lowest BCUT2D eigenvalue weighted by molar-refractivity contribution is -0.118. The average Bonchev–Trinajstić information content (AvgIpc) is 3.19. The number of methoxy groups -OCH3 is 1. The number of carbonyl (C=O) groups excluding carboxylic acids is 2. The highest BCUT2D eigenvalue weighted by Crippen LogP contribution is 2.50. The second-order valence-electron chi connectivity index (χ2n) is 11.1. The van der Waals surface area contributed by atoms with Crippen molar-refractivity contribution in [2.45, 2.75) is 66.1 Å². The van der Waals surface area contributed by atoms with Crippen molar-refractivity contribution in [1.82, 2.24) is 9.55 Å². The van der Waals surface area contributed by atoms with Crippen LogP contribution in [0.2, 0.25) is 0 Å². The van der Waals surface area contributed by atoms with Crippen LogP contribution in [-0.2, 0) is 37.2 Å². The second kappa shape index (κ2) is 15.3. The molecule has 1 aromatic rings. The maximum absolute atomic E-state index is 13.5. The number of halogens is 1. The van der Waals surface area contributed by atoms with E-state index in [1.807, 2.05) is 0 Å². The normalized spacial score (nSPS) is 21.8. The van der Waals surface area contributed by atoms with Gasteiger partial charge in [0.2, 0.25) is 0 Å². The molecule has 0 unspecified atom stereocenters. The number of aliphatic hydroxyl groups is 1. The van der Waals surface area contributed by atoms with E-state index in [0.717, 1.165) is 28.1 Å². The Balaban J connectivity index is 2.10. The minimum absolute atomic E-state index is 0.0152. The van der Waals surface area contributed by atoms with Gasteiger partial charge < -0.3 is 20.3 Å². The molecule has 1 aliphatic heterocycles. The van der Waals surface area contributed by atoms with E-state index in [9.17, 15) is 24.1 Å². The lowest BCUT2D eigenvalue weighted by Crippen LogP contribution is -2.37. The van der Waals surface area contributed by atoms with Gasteiger partial charge in [-0.1, -0.05) is 65.1 Å². The maximum Gasteiger partial charge on any atom is 0.474 e. The van der Waals surface area contributed by atoms with Crippen molar-refractivity contribution in [3.05, 3.63) is 21.2 Å². The van der Waals surface area contributed by atoms with Crippen LogP contribution in [0.1, 0.15) is 47.8 Å². The van der Waals surface area contributed by atoms with Crippen LogP contribution >= 0.6 is 47.3 Å². The van der Waals surface area contributed by atoms with Gasteiger partial charge in [-0.2, -0.15) is 4.98 Å². The molecule has 13 nitrogen and oxygen atoms in total. The molecule has 1 aliphatic rings. The van der Waals surface area contributed by atoms with Crippen molar-refractivity contribution in [2.75, 3.05) is 44.2 Å². The fourth-order valence-corrected chi connectivity index (χ4v) is 6.56. The Hall–Kier alpha value is -0.810. The molecule has 41 heavy (non-hydrogen) atoms. The predicted octanol–water partition coefficient (Wildman–Crippen LogP) is 3.63. The predicted molar refractivity (Wildman–Crippen MR) is 161 cm³/mol. The lowest BCUT2D eigenvalue weighted by atomic mass is 9.99. The number of phosphoric ester groups is 1. The minimum Gasteiger partial charge on any atom is -0.387 e. The Bertz CT molecular complexity index is 1140. The van der Waals surface area contributed by atoms with E-state index in [0.29, 0.717) is 4.47 Å². The van der Waals surface area contributed by atoms with E-state index < -0.39 is 55.5 Å². The zero-order valence-corrected chi connectivity index (χ0v) is 28.3. The third-order valence-corrected chi connectivity index (χ3v) is 10.1. The molecule has 0 amide bonds. The van der Waals surface area contributed by atoms with Crippen molar-refractivity contribution < 1.29 is 42.3 Å². The van der Waals surface area contributed by atoms with Gasteiger partial charge in [0, 0.05) is 35.6 Å². The number of aliphatic hydroxyl groups excluding tert-OH is 1. The van der Waals surface area contributed by atoms with Crippen LogP contribution in [0.3, 0.4) is 0 Å². The van der Waals surface area contributed by atoms with Gasteiger partial charge >= 0.3 is 13.5 Å². The fraction of sp³-hybridized carbons (Fsp3) is 0.750. The van der Waals surface area contributed by atoms with Gasteiger partial charge in [-0.15, -0.1) is 0 Å². The summed E-state index contributed by atoms with van der Waals surface area (Å²) in [6.07, 6.45) is -3.12. The van der Waals surface area contributed by atoms with Crippen molar-refractivity contribution in [2.24, 2.45) is 10.8 Å². The van der Waals surface area contributed by atoms with Crippen LogP contribution in [0.25, 0.3) is 0 Å². The summed E-state index contributed by atoms with van der Waals surface area (Å²) < 4.78 is 42.6. The highest BCUT2D eigenvalue weighted by molar-refractivity contribution is 9.10. The number of nitrogen functional groups attached to an aromatic ring is 1. The van der Waals surface area contributed by atoms with E-state index in [1.54, 1.807) is 41.5 Å². The molecule has 3 N–H and O–H groups in total. The SMILES string of the molecule is CO[C@@H]1[C@H](O)[C@@H](COP(=O)(OCCSC(=O)C(C)(C)C)OCCSC(=O)C(C)(C)C)O[C@H]1n1cc(Br)c(N)nc1=O. The van der Waals surface area contributed by atoms with Crippen LogP contribution in [0.5, 0.6) is 0 Å². The molecule has 1 aromatic heterocycles. The van der Waals surface area contributed by atoms with Crippen LogP contribution in [0, 0.1) is 10.8 Å². The summed E-state index contributed by atoms with van der Waals surface area (Å²) in [6, 6.07) is 0. The molecule has 2 rings (SSSR count). The van der Waals surface area contributed by atoms with E-state index in [2.05, 4.69) is 20.9 Å². The Morgan fingerprint density at radius 3 is 2.07 bits per heavy atom. The third kappa shape index (κ3) is 10.7. The summed E-state index contributed by atoms with van der Waals surface area (Å²) in [5.74, 6) is 0.378. The number of anilines is 1. The van der Waals surface area contributed by atoms with E-state index in [1.165, 1.54) is 13.3 Å². The maximum atomic E-state index is 13.5. The molecule has 2 heterocycles. The number of nitrogens with two attached hydrogens (primary N) is 1. The molecule has 234 valence electrons. The summed E-state index contributed by atoms with van der Waals surface area (Å²) in [6.45, 7) is 10.0. The highest BCUT2D eigenvalue weighted by atomic mass is 79.9. The van der Waals surface area contributed by atoms with Gasteiger partial charge in [0.15, 0.2) is 16.5 Å². The summed E-state index contributed by atoms with van der Waals surface area (Å²) >= 11 is 5.27. The number of thioether (sulfide) groups is 2. The first-order valence-corrected chi connectivity index (χ1v) is 16.9. The number of carbonyl (C=O) groups is 2. The van der Waals surface area contributed by atoms with Crippen molar-refractivity contribution in [3.63, 3.8) is 0 Å². The fourth-order valence-electron chi connectivity index (χ4n) is 3.25. The number of aromatic nitrogens is 2. The number of nitrogens with zero attached hydrogens (tertiary/aromatic N) is 2. The van der Waals surface area contributed by atoms with Crippen molar-refractivity contribution in [3.8, 4) is 0 Å². The monoisotopic (exact) mass is 703 g/mol. The largest absolute Gasteiger partial charge is 0.474 e. The molecular weight excluding hydrogens is 665 g/mol. The van der Waals surface area contributed by atoms with Crippen LogP contribution in [-0.4, -0.2) is 81.6 Å². The van der Waals surface area contributed by atoms with Crippen LogP contribution < -0.4 is 11.4 Å². The van der Waals surface area contributed by atoms with E-state index in [4.69, 9.17) is 28.8 Å². The molecule has 0 bridgehead atoms. The van der Waals surface area contributed by atoms with Crippen molar-refractivity contribution >= 4 is 63.3 Å². The van der Waals surface area contributed by atoms with Gasteiger partial charge in [0.25, 0.3) is 0 Å². The molecule has 1 saturated heterocycles. The topological polar surface area (TPSA) is 178 Å². The molecule has 1 fully saturated rings. The zero-order chi connectivity index (χ0) is 31.2. The second-order valence-corrected chi connectivity index (χ2v) is 15.8. The first-order valence-electron chi connectivity index (χ1n) is 12.7.